The van der Waals surface area contributed by atoms with Crippen LogP contribution in [0.4, 0.5) is 5.69 Å². The predicted octanol–water partition coefficient (Wildman–Crippen LogP) is 3.19. The van der Waals surface area contributed by atoms with Crippen LogP contribution >= 0.6 is 0 Å². The van der Waals surface area contributed by atoms with Crippen LogP contribution in [0.15, 0.2) is 59.9 Å². The van der Waals surface area contributed by atoms with Gasteiger partial charge in [-0.2, -0.15) is 0 Å². The molecular formula is C20H19NO5. The van der Waals surface area contributed by atoms with Crippen LogP contribution in [-0.2, 0) is 9.59 Å². The zero-order chi connectivity index (χ0) is 18.8. The standard InChI is InChI=1S/C20H19NO5/c1-12(22)17-18(15-10-9-14(25-2)11-16(15)26-3)21(20(24)19(17)23)13-7-5-4-6-8-13/h4-11,18,23H,1-3H3/t18-/m0/s1. The number of ether oxygens (including phenoxy) is 2. The Kier molecular flexibility index (Phi) is 4.67. The molecule has 3 rings (SSSR count). The molecule has 1 aliphatic heterocycles. The van der Waals surface area contributed by atoms with Crippen molar-refractivity contribution < 1.29 is 24.2 Å². The lowest BCUT2D eigenvalue weighted by atomic mass is 9.95. The number of para-hydroxylation sites is 1. The summed E-state index contributed by atoms with van der Waals surface area (Å²) in [5, 5.41) is 10.4. The first-order valence-electron chi connectivity index (χ1n) is 8.04. The van der Waals surface area contributed by atoms with Gasteiger partial charge in [-0.3, -0.25) is 14.5 Å². The third kappa shape index (κ3) is 2.79. The first-order chi connectivity index (χ1) is 12.5. The molecule has 1 amide bonds. The van der Waals surface area contributed by atoms with E-state index in [2.05, 4.69) is 0 Å². The molecule has 0 unspecified atom stereocenters. The molecule has 1 aliphatic rings. The Bertz CT molecular complexity index is 888. The van der Waals surface area contributed by atoms with Gasteiger partial charge in [0.2, 0.25) is 0 Å². The summed E-state index contributed by atoms with van der Waals surface area (Å²) in [6.45, 7) is 1.33. The largest absolute Gasteiger partial charge is 0.503 e. The molecule has 6 nitrogen and oxygen atoms in total. The Hall–Kier alpha value is -3.28. The molecule has 0 bridgehead atoms. The normalized spacial score (nSPS) is 16.8. The van der Waals surface area contributed by atoms with Gasteiger partial charge in [0.1, 0.15) is 11.5 Å². The minimum absolute atomic E-state index is 0.0438. The maximum Gasteiger partial charge on any atom is 0.294 e. The quantitative estimate of drug-likeness (QED) is 0.893. The number of nitrogens with zero attached hydrogens (tertiary/aromatic N) is 1. The van der Waals surface area contributed by atoms with Crippen LogP contribution in [-0.4, -0.2) is 31.0 Å². The molecule has 2 aromatic carbocycles. The number of carbonyl (C=O) groups is 2. The van der Waals surface area contributed by atoms with E-state index < -0.39 is 17.7 Å². The van der Waals surface area contributed by atoms with Gasteiger partial charge in [-0.15, -0.1) is 0 Å². The highest BCUT2D eigenvalue weighted by Gasteiger charge is 2.44. The minimum atomic E-state index is -0.789. The average Bonchev–Trinajstić information content (AvgIpc) is 2.93. The van der Waals surface area contributed by atoms with E-state index in [-0.39, 0.29) is 11.4 Å². The van der Waals surface area contributed by atoms with Crippen molar-refractivity contribution in [1.29, 1.82) is 0 Å². The van der Waals surface area contributed by atoms with E-state index >= 15 is 0 Å². The fourth-order valence-corrected chi connectivity index (χ4v) is 3.16. The number of hydrogen-bond donors (Lipinski definition) is 1. The molecule has 134 valence electrons. The van der Waals surface area contributed by atoms with Crippen LogP contribution in [0.3, 0.4) is 0 Å². The number of rotatable bonds is 5. The molecule has 0 saturated carbocycles. The fraction of sp³-hybridized carbons (Fsp3) is 0.200. The van der Waals surface area contributed by atoms with Gasteiger partial charge in [0.25, 0.3) is 5.91 Å². The number of amides is 1. The molecule has 6 heteroatoms. The summed E-state index contributed by atoms with van der Waals surface area (Å²) >= 11 is 0. The molecule has 0 fully saturated rings. The Morgan fingerprint density at radius 2 is 1.77 bits per heavy atom. The Morgan fingerprint density at radius 1 is 1.08 bits per heavy atom. The van der Waals surface area contributed by atoms with Crippen molar-refractivity contribution in [3.63, 3.8) is 0 Å². The van der Waals surface area contributed by atoms with Crippen molar-refractivity contribution in [3.8, 4) is 11.5 Å². The van der Waals surface area contributed by atoms with E-state index in [9.17, 15) is 14.7 Å². The van der Waals surface area contributed by atoms with E-state index in [1.165, 1.54) is 26.0 Å². The van der Waals surface area contributed by atoms with E-state index in [1.54, 1.807) is 42.5 Å². The van der Waals surface area contributed by atoms with Gasteiger partial charge in [-0.05, 0) is 31.2 Å². The summed E-state index contributed by atoms with van der Waals surface area (Å²) in [6, 6.07) is 13.2. The van der Waals surface area contributed by atoms with Crippen LogP contribution in [0.25, 0.3) is 0 Å². The average molecular weight is 353 g/mol. The van der Waals surface area contributed by atoms with Crippen LogP contribution in [0.5, 0.6) is 11.5 Å². The number of hydrogen-bond acceptors (Lipinski definition) is 5. The molecule has 1 atom stereocenters. The number of carbonyl (C=O) groups excluding carboxylic acids is 2. The zero-order valence-electron chi connectivity index (χ0n) is 14.7. The molecule has 26 heavy (non-hydrogen) atoms. The van der Waals surface area contributed by atoms with Crippen LogP contribution in [0, 0.1) is 0 Å². The molecule has 1 N–H and O–H groups in total. The molecule has 0 saturated heterocycles. The number of methoxy groups -OCH3 is 2. The number of anilines is 1. The van der Waals surface area contributed by atoms with Crippen molar-refractivity contribution >= 4 is 17.4 Å². The van der Waals surface area contributed by atoms with Crippen molar-refractivity contribution in [2.24, 2.45) is 0 Å². The summed E-state index contributed by atoms with van der Waals surface area (Å²) < 4.78 is 10.7. The van der Waals surface area contributed by atoms with Crippen molar-refractivity contribution in [3.05, 3.63) is 65.4 Å². The topological polar surface area (TPSA) is 76.1 Å². The third-order valence-corrected chi connectivity index (χ3v) is 4.36. The number of benzene rings is 2. The maximum atomic E-state index is 12.7. The van der Waals surface area contributed by atoms with Crippen LogP contribution in [0.2, 0.25) is 0 Å². The highest BCUT2D eigenvalue weighted by atomic mass is 16.5. The van der Waals surface area contributed by atoms with Gasteiger partial charge in [-0.1, -0.05) is 18.2 Å². The highest BCUT2D eigenvalue weighted by molar-refractivity contribution is 6.16. The zero-order valence-corrected chi connectivity index (χ0v) is 14.7. The number of ketones is 1. The van der Waals surface area contributed by atoms with E-state index in [0.717, 1.165) is 0 Å². The molecule has 0 aromatic heterocycles. The van der Waals surface area contributed by atoms with Crippen LogP contribution in [0.1, 0.15) is 18.5 Å². The number of aliphatic hydroxyl groups is 1. The number of Topliss-reactive ketones (excluding diaryl/α,β-unsaturated/α-hetero) is 1. The molecule has 1 heterocycles. The van der Waals surface area contributed by atoms with Crippen LogP contribution < -0.4 is 14.4 Å². The first-order valence-corrected chi connectivity index (χ1v) is 8.04. The van der Waals surface area contributed by atoms with Gasteiger partial charge < -0.3 is 14.6 Å². The van der Waals surface area contributed by atoms with Gasteiger partial charge >= 0.3 is 0 Å². The summed E-state index contributed by atoms with van der Waals surface area (Å²) in [5.41, 5.74) is 1.20. The minimum Gasteiger partial charge on any atom is -0.503 e. The van der Waals surface area contributed by atoms with E-state index in [0.29, 0.717) is 22.7 Å². The molecule has 0 aliphatic carbocycles. The summed E-state index contributed by atoms with van der Waals surface area (Å²) in [6.07, 6.45) is 0. The SMILES string of the molecule is COc1ccc([C@H]2C(C(C)=O)=C(O)C(=O)N2c2ccccc2)c(OC)c1. The molecule has 0 spiro atoms. The van der Waals surface area contributed by atoms with E-state index in [1.807, 2.05) is 6.07 Å². The van der Waals surface area contributed by atoms with Crippen molar-refractivity contribution in [2.45, 2.75) is 13.0 Å². The molecule has 0 radical (unpaired) electrons. The maximum absolute atomic E-state index is 12.7. The second-order valence-corrected chi connectivity index (χ2v) is 5.84. The van der Waals surface area contributed by atoms with Gasteiger partial charge in [0.15, 0.2) is 11.5 Å². The van der Waals surface area contributed by atoms with Gasteiger partial charge in [-0.25, -0.2) is 0 Å². The predicted molar refractivity (Wildman–Crippen MR) is 96.6 cm³/mol. The summed E-state index contributed by atoms with van der Waals surface area (Å²) in [7, 11) is 3.04. The van der Waals surface area contributed by atoms with Gasteiger partial charge in [0, 0.05) is 17.3 Å². The van der Waals surface area contributed by atoms with E-state index in [4.69, 9.17) is 9.47 Å². The van der Waals surface area contributed by atoms with Gasteiger partial charge in [0.05, 0.1) is 25.8 Å². The third-order valence-electron chi connectivity index (χ3n) is 4.36. The lowest BCUT2D eigenvalue weighted by Gasteiger charge is -2.28. The monoisotopic (exact) mass is 353 g/mol. The Balaban J connectivity index is 2.22. The molecule has 2 aromatic rings. The smallest absolute Gasteiger partial charge is 0.294 e. The summed E-state index contributed by atoms with van der Waals surface area (Å²) in [5.74, 6) is -0.499. The number of aliphatic hydroxyl groups excluding tert-OH is 1. The molecular weight excluding hydrogens is 334 g/mol. The fourth-order valence-electron chi connectivity index (χ4n) is 3.16. The lowest BCUT2D eigenvalue weighted by Crippen LogP contribution is -2.31. The Morgan fingerprint density at radius 3 is 2.35 bits per heavy atom. The lowest BCUT2D eigenvalue weighted by molar-refractivity contribution is -0.117. The Labute approximate surface area is 151 Å². The second kappa shape index (κ2) is 6.92. The van der Waals surface area contributed by atoms with Crippen molar-refractivity contribution in [1.82, 2.24) is 0 Å². The highest BCUT2D eigenvalue weighted by Crippen LogP contribution is 2.44. The first kappa shape index (κ1) is 17.5. The summed E-state index contributed by atoms with van der Waals surface area (Å²) in [4.78, 5) is 26.3. The van der Waals surface area contributed by atoms with Crippen molar-refractivity contribution in [2.75, 3.05) is 19.1 Å². The second-order valence-electron chi connectivity index (χ2n) is 5.84.